The van der Waals surface area contributed by atoms with Crippen LogP contribution in [0.15, 0.2) is 4.90 Å². The van der Waals surface area contributed by atoms with Gasteiger partial charge in [-0.25, -0.2) is 8.42 Å². The normalized spacial score (nSPS) is 28.2. The fourth-order valence-electron chi connectivity index (χ4n) is 3.99. The van der Waals surface area contributed by atoms with E-state index in [1.807, 2.05) is 14.1 Å². The van der Waals surface area contributed by atoms with Gasteiger partial charge in [0.2, 0.25) is 10.0 Å². The van der Waals surface area contributed by atoms with E-state index >= 15 is 0 Å². The molecule has 0 unspecified atom stereocenters. The molecule has 0 saturated carbocycles. The van der Waals surface area contributed by atoms with E-state index in [2.05, 4.69) is 10.00 Å². The lowest BCUT2D eigenvalue weighted by molar-refractivity contribution is -0.0858. The van der Waals surface area contributed by atoms with Crippen molar-refractivity contribution in [3.8, 4) is 0 Å². The monoisotopic (exact) mass is 386 g/mol. The van der Waals surface area contributed by atoms with E-state index in [1.165, 1.54) is 4.31 Å². The Morgan fingerprint density at radius 3 is 2.69 bits per heavy atom. The summed E-state index contributed by atoms with van der Waals surface area (Å²) in [6.07, 6.45) is 1.83. The molecule has 148 valence electrons. The molecule has 0 amide bonds. The van der Waals surface area contributed by atoms with Crippen molar-refractivity contribution in [3.63, 3.8) is 0 Å². The minimum atomic E-state index is -3.65. The molecule has 2 aliphatic rings. The van der Waals surface area contributed by atoms with Crippen LogP contribution >= 0.6 is 0 Å². The molecule has 0 N–H and O–H groups in total. The van der Waals surface area contributed by atoms with Gasteiger partial charge in [-0.15, -0.1) is 0 Å². The Kier molecular flexibility index (Phi) is 5.47. The van der Waals surface area contributed by atoms with Crippen molar-refractivity contribution in [1.82, 2.24) is 19.0 Å². The second kappa shape index (κ2) is 7.20. The highest BCUT2D eigenvalue weighted by atomic mass is 32.2. The van der Waals surface area contributed by atoms with Gasteiger partial charge in [-0.2, -0.15) is 9.40 Å². The third kappa shape index (κ3) is 3.68. The maximum atomic E-state index is 13.3. The third-order valence-electron chi connectivity index (χ3n) is 5.26. The highest BCUT2D eigenvalue weighted by Crippen LogP contribution is 2.35. The van der Waals surface area contributed by atoms with Crippen molar-refractivity contribution in [2.24, 2.45) is 7.05 Å². The zero-order valence-electron chi connectivity index (χ0n) is 16.4. The summed E-state index contributed by atoms with van der Waals surface area (Å²) in [4.78, 5) is 2.40. The van der Waals surface area contributed by atoms with Crippen LogP contribution in [0.1, 0.15) is 24.2 Å². The standard InChI is InChI=1S/C17H30N4O4S/c1-13-16(14(2)20(5)18-13)26(22,23)21-8-9-24-12-17(11-21)7-6-15(25-17)10-19(3)4/h15H,6-12H2,1-5H3/t15-,17+/m1/s1. The molecule has 26 heavy (non-hydrogen) atoms. The number of nitrogens with zero attached hydrogens (tertiary/aromatic N) is 4. The molecular weight excluding hydrogens is 356 g/mol. The summed E-state index contributed by atoms with van der Waals surface area (Å²) in [6, 6.07) is 0. The summed E-state index contributed by atoms with van der Waals surface area (Å²) in [5.41, 5.74) is 0.621. The van der Waals surface area contributed by atoms with Crippen molar-refractivity contribution < 1.29 is 17.9 Å². The van der Waals surface area contributed by atoms with Crippen LogP contribution in [0.5, 0.6) is 0 Å². The molecule has 3 heterocycles. The van der Waals surface area contributed by atoms with E-state index in [4.69, 9.17) is 9.47 Å². The van der Waals surface area contributed by atoms with Gasteiger partial charge in [0.1, 0.15) is 10.5 Å². The van der Waals surface area contributed by atoms with Gasteiger partial charge in [0.25, 0.3) is 0 Å². The number of hydrogen-bond acceptors (Lipinski definition) is 6. The van der Waals surface area contributed by atoms with Gasteiger partial charge >= 0.3 is 0 Å². The van der Waals surface area contributed by atoms with Gasteiger partial charge in [-0.3, -0.25) is 4.68 Å². The molecular formula is C17H30N4O4S. The average molecular weight is 387 g/mol. The molecule has 1 aromatic heterocycles. The Hall–Kier alpha value is -1.00. The number of likely N-dealkylation sites (N-methyl/N-ethyl adjacent to an activating group) is 1. The molecule has 1 aromatic rings. The lowest BCUT2D eigenvalue weighted by atomic mass is 10.0. The van der Waals surface area contributed by atoms with E-state index in [-0.39, 0.29) is 6.10 Å². The Labute approximate surface area is 156 Å². The first-order valence-electron chi connectivity index (χ1n) is 9.05. The maximum absolute atomic E-state index is 13.3. The van der Waals surface area contributed by atoms with Crippen LogP contribution in [-0.2, 0) is 26.5 Å². The Morgan fingerprint density at radius 1 is 1.35 bits per heavy atom. The van der Waals surface area contributed by atoms with Crippen molar-refractivity contribution >= 4 is 10.0 Å². The average Bonchev–Trinajstić information content (AvgIpc) is 2.93. The largest absolute Gasteiger partial charge is 0.377 e. The second-order valence-corrected chi connectivity index (χ2v) is 9.61. The molecule has 0 radical (unpaired) electrons. The zero-order chi connectivity index (χ0) is 19.1. The van der Waals surface area contributed by atoms with E-state index in [0.717, 1.165) is 19.4 Å². The number of aromatic nitrogens is 2. The molecule has 2 atom stereocenters. The van der Waals surface area contributed by atoms with Crippen LogP contribution in [0.25, 0.3) is 0 Å². The number of hydrogen-bond donors (Lipinski definition) is 0. The van der Waals surface area contributed by atoms with E-state index in [0.29, 0.717) is 42.6 Å². The van der Waals surface area contributed by atoms with Crippen LogP contribution in [-0.4, -0.2) is 86.1 Å². The highest BCUT2D eigenvalue weighted by molar-refractivity contribution is 7.89. The minimum absolute atomic E-state index is 0.109. The molecule has 8 nitrogen and oxygen atoms in total. The number of rotatable bonds is 4. The molecule has 0 aliphatic carbocycles. The number of aryl methyl sites for hydroxylation is 2. The molecule has 2 fully saturated rings. The van der Waals surface area contributed by atoms with E-state index in [1.54, 1.807) is 25.6 Å². The van der Waals surface area contributed by atoms with Gasteiger partial charge < -0.3 is 14.4 Å². The van der Waals surface area contributed by atoms with Crippen molar-refractivity contribution in [1.29, 1.82) is 0 Å². The van der Waals surface area contributed by atoms with Crippen LogP contribution in [0.3, 0.4) is 0 Å². The van der Waals surface area contributed by atoms with Crippen molar-refractivity contribution in [2.45, 2.75) is 43.3 Å². The molecule has 0 aromatic carbocycles. The maximum Gasteiger partial charge on any atom is 0.246 e. The summed E-state index contributed by atoms with van der Waals surface area (Å²) in [7, 11) is 2.15. The van der Waals surface area contributed by atoms with Gasteiger partial charge in [-0.1, -0.05) is 0 Å². The van der Waals surface area contributed by atoms with Crippen LogP contribution in [0, 0.1) is 13.8 Å². The molecule has 0 bridgehead atoms. The summed E-state index contributed by atoms with van der Waals surface area (Å²) >= 11 is 0. The smallest absolute Gasteiger partial charge is 0.246 e. The number of sulfonamides is 1. The molecule has 9 heteroatoms. The van der Waals surface area contributed by atoms with Crippen molar-refractivity contribution in [2.75, 3.05) is 46.9 Å². The summed E-state index contributed by atoms with van der Waals surface area (Å²) in [5, 5.41) is 4.27. The van der Waals surface area contributed by atoms with Gasteiger partial charge in [0, 0.05) is 26.7 Å². The second-order valence-electron chi connectivity index (χ2n) is 7.74. The minimum Gasteiger partial charge on any atom is -0.377 e. The Balaban J connectivity index is 1.86. The molecule has 2 saturated heterocycles. The third-order valence-corrected chi connectivity index (χ3v) is 7.36. The Bertz CT molecular complexity index is 761. The van der Waals surface area contributed by atoms with E-state index in [9.17, 15) is 8.42 Å². The lowest BCUT2D eigenvalue weighted by Crippen LogP contribution is -2.47. The predicted octanol–water partition coefficient (Wildman–Crippen LogP) is 0.537. The number of ether oxygens (including phenoxy) is 2. The molecule has 3 rings (SSSR count). The SMILES string of the molecule is Cc1nn(C)c(C)c1S(=O)(=O)N1CCOC[C@]2(CC[C@H](CN(C)C)O2)C1. The summed E-state index contributed by atoms with van der Waals surface area (Å²) in [6.45, 7) is 5.83. The fourth-order valence-corrected chi connectivity index (χ4v) is 5.88. The topological polar surface area (TPSA) is 76.9 Å². The van der Waals surface area contributed by atoms with Gasteiger partial charge in [-0.05, 0) is 40.8 Å². The lowest BCUT2D eigenvalue weighted by Gasteiger charge is -2.32. The predicted molar refractivity (Wildman–Crippen MR) is 97.7 cm³/mol. The fraction of sp³-hybridized carbons (Fsp3) is 0.824. The Morgan fingerprint density at radius 2 is 2.08 bits per heavy atom. The zero-order valence-corrected chi connectivity index (χ0v) is 17.2. The first-order chi connectivity index (χ1) is 12.1. The van der Waals surface area contributed by atoms with Crippen molar-refractivity contribution in [3.05, 3.63) is 11.4 Å². The van der Waals surface area contributed by atoms with E-state index < -0.39 is 15.6 Å². The van der Waals surface area contributed by atoms with Gasteiger partial charge in [0.05, 0.1) is 30.7 Å². The van der Waals surface area contributed by atoms with Crippen LogP contribution in [0.2, 0.25) is 0 Å². The van der Waals surface area contributed by atoms with Crippen LogP contribution in [0.4, 0.5) is 0 Å². The summed E-state index contributed by atoms with van der Waals surface area (Å²) < 4.78 is 41.9. The first kappa shape index (κ1) is 19.8. The first-order valence-corrected chi connectivity index (χ1v) is 10.5. The molecule has 1 spiro atoms. The van der Waals surface area contributed by atoms with Crippen LogP contribution < -0.4 is 0 Å². The highest BCUT2D eigenvalue weighted by Gasteiger charge is 2.46. The summed E-state index contributed by atoms with van der Waals surface area (Å²) in [5.74, 6) is 0. The molecule has 2 aliphatic heterocycles. The quantitative estimate of drug-likeness (QED) is 0.752. The van der Waals surface area contributed by atoms with Gasteiger partial charge in [0.15, 0.2) is 0 Å².